The lowest BCUT2D eigenvalue weighted by Crippen LogP contribution is -2.12. The van der Waals surface area contributed by atoms with E-state index in [2.05, 4.69) is 5.32 Å². The predicted molar refractivity (Wildman–Crippen MR) is 88.2 cm³/mol. The Hall–Kier alpha value is -2.78. The molecular formula is C15H15N3O5S. The van der Waals surface area contributed by atoms with Crippen molar-refractivity contribution in [2.24, 2.45) is 5.14 Å². The molecule has 8 nitrogen and oxygen atoms in total. The van der Waals surface area contributed by atoms with Crippen LogP contribution in [-0.4, -0.2) is 19.1 Å². The van der Waals surface area contributed by atoms with Crippen LogP contribution >= 0.6 is 0 Å². The van der Waals surface area contributed by atoms with Gasteiger partial charge >= 0.3 is 0 Å². The molecular weight excluding hydrogens is 334 g/mol. The smallest absolute Gasteiger partial charge is 0.280 e. The van der Waals surface area contributed by atoms with E-state index < -0.39 is 20.7 Å². The number of primary sulfonamides is 1. The minimum absolute atomic E-state index is 0.00304. The van der Waals surface area contributed by atoms with Crippen molar-refractivity contribution >= 4 is 27.2 Å². The molecule has 0 spiro atoms. The van der Waals surface area contributed by atoms with Gasteiger partial charge in [-0.15, -0.1) is 0 Å². The van der Waals surface area contributed by atoms with Crippen molar-refractivity contribution in [3.8, 4) is 0 Å². The summed E-state index contributed by atoms with van der Waals surface area (Å²) in [6, 6.07) is 10.2. The second-order valence-electron chi connectivity index (χ2n) is 5.09. The molecule has 0 aliphatic heterocycles. The van der Waals surface area contributed by atoms with E-state index in [9.17, 15) is 23.3 Å². The molecule has 0 amide bonds. The van der Waals surface area contributed by atoms with Crippen LogP contribution < -0.4 is 10.5 Å². The van der Waals surface area contributed by atoms with E-state index in [1.807, 2.05) is 0 Å². The topological polar surface area (TPSA) is 132 Å². The zero-order valence-corrected chi connectivity index (χ0v) is 13.5. The van der Waals surface area contributed by atoms with Crippen molar-refractivity contribution < 1.29 is 18.1 Å². The van der Waals surface area contributed by atoms with Gasteiger partial charge in [-0.1, -0.05) is 12.1 Å². The van der Waals surface area contributed by atoms with Crippen molar-refractivity contribution in [3.05, 3.63) is 63.7 Å². The van der Waals surface area contributed by atoms with E-state index in [-0.39, 0.29) is 22.7 Å². The van der Waals surface area contributed by atoms with Crippen molar-refractivity contribution in [2.75, 3.05) is 5.32 Å². The fourth-order valence-electron chi connectivity index (χ4n) is 2.12. The third-order valence-corrected chi connectivity index (χ3v) is 4.21. The summed E-state index contributed by atoms with van der Waals surface area (Å²) in [4.78, 5) is 21.8. The highest BCUT2D eigenvalue weighted by Crippen LogP contribution is 2.23. The Morgan fingerprint density at radius 1 is 1.25 bits per heavy atom. The number of carbonyl (C=O) groups is 1. The van der Waals surface area contributed by atoms with Crippen molar-refractivity contribution in [1.82, 2.24) is 0 Å². The van der Waals surface area contributed by atoms with Gasteiger partial charge < -0.3 is 5.32 Å². The van der Waals surface area contributed by atoms with Gasteiger partial charge in [-0.05, 0) is 36.8 Å². The van der Waals surface area contributed by atoms with Crippen LogP contribution in [0.1, 0.15) is 22.8 Å². The van der Waals surface area contributed by atoms with Crippen molar-refractivity contribution in [1.29, 1.82) is 0 Å². The summed E-state index contributed by atoms with van der Waals surface area (Å²) in [5.74, 6) is -0.415. The molecule has 0 atom stereocenters. The largest absolute Gasteiger partial charge is 0.381 e. The molecule has 0 saturated carbocycles. The maximum absolute atomic E-state index is 11.5. The quantitative estimate of drug-likeness (QED) is 0.466. The van der Waals surface area contributed by atoms with Gasteiger partial charge in [0.15, 0.2) is 5.78 Å². The molecule has 0 bridgehead atoms. The average Bonchev–Trinajstić information content (AvgIpc) is 2.52. The van der Waals surface area contributed by atoms with Crippen LogP contribution in [0.5, 0.6) is 0 Å². The first-order valence-corrected chi connectivity index (χ1v) is 8.38. The maximum atomic E-state index is 11.5. The lowest BCUT2D eigenvalue weighted by atomic mass is 10.1. The van der Waals surface area contributed by atoms with Gasteiger partial charge in [-0.2, -0.15) is 0 Å². The Bertz CT molecular complexity index is 909. The maximum Gasteiger partial charge on any atom is 0.280 e. The third kappa shape index (κ3) is 4.15. The number of benzene rings is 2. The Kier molecular flexibility index (Phi) is 4.96. The SMILES string of the molecule is CC(=O)c1cc(NCc2cccc(S(N)(=O)=O)c2)ccc1[N+](=O)[O-]. The Morgan fingerprint density at radius 2 is 1.96 bits per heavy atom. The number of sulfonamides is 1. The number of nitrogens with one attached hydrogen (secondary N) is 1. The highest BCUT2D eigenvalue weighted by atomic mass is 32.2. The van der Waals surface area contributed by atoms with Gasteiger partial charge in [0.25, 0.3) is 5.69 Å². The minimum Gasteiger partial charge on any atom is -0.381 e. The van der Waals surface area contributed by atoms with Crippen LogP contribution in [-0.2, 0) is 16.6 Å². The van der Waals surface area contributed by atoms with Gasteiger partial charge in [-0.3, -0.25) is 14.9 Å². The highest BCUT2D eigenvalue weighted by molar-refractivity contribution is 7.89. The van der Waals surface area contributed by atoms with Gasteiger partial charge in [0.2, 0.25) is 10.0 Å². The van der Waals surface area contributed by atoms with Crippen LogP contribution in [0.15, 0.2) is 47.4 Å². The molecule has 0 heterocycles. The number of carbonyl (C=O) groups excluding carboxylic acids is 1. The Labute approximate surface area is 138 Å². The summed E-state index contributed by atoms with van der Waals surface area (Å²) in [7, 11) is -3.79. The van der Waals surface area contributed by atoms with Crippen LogP contribution in [0, 0.1) is 10.1 Å². The molecule has 2 rings (SSSR count). The fraction of sp³-hybridized carbons (Fsp3) is 0.133. The number of ketones is 1. The van der Waals surface area contributed by atoms with Crippen LogP contribution in [0.3, 0.4) is 0 Å². The van der Waals surface area contributed by atoms with Crippen molar-refractivity contribution in [2.45, 2.75) is 18.4 Å². The highest BCUT2D eigenvalue weighted by Gasteiger charge is 2.17. The zero-order valence-electron chi connectivity index (χ0n) is 12.7. The van der Waals surface area contributed by atoms with E-state index in [0.717, 1.165) is 0 Å². The van der Waals surface area contributed by atoms with E-state index in [0.29, 0.717) is 11.3 Å². The number of Topliss-reactive ketones (excluding diaryl/α,β-unsaturated/α-hetero) is 1. The molecule has 3 N–H and O–H groups in total. The molecule has 0 saturated heterocycles. The third-order valence-electron chi connectivity index (χ3n) is 3.30. The second-order valence-corrected chi connectivity index (χ2v) is 6.65. The molecule has 0 aromatic heterocycles. The number of nitro benzene ring substituents is 1. The first kappa shape index (κ1) is 17.6. The summed E-state index contributed by atoms with van der Waals surface area (Å²) in [6.07, 6.45) is 0. The summed E-state index contributed by atoms with van der Waals surface area (Å²) in [5, 5.41) is 19.0. The lowest BCUT2D eigenvalue weighted by molar-refractivity contribution is -0.385. The Morgan fingerprint density at radius 3 is 2.54 bits per heavy atom. The molecule has 0 unspecified atom stereocenters. The first-order valence-electron chi connectivity index (χ1n) is 6.83. The van der Waals surface area contributed by atoms with Gasteiger partial charge in [0, 0.05) is 18.3 Å². The summed E-state index contributed by atoms with van der Waals surface area (Å²) < 4.78 is 22.7. The standard InChI is InChI=1S/C15H15N3O5S/c1-10(19)14-8-12(5-6-15(14)18(20)21)17-9-11-3-2-4-13(7-11)24(16,22)23/h2-8,17H,9H2,1H3,(H2,16,22,23). The summed E-state index contributed by atoms with van der Waals surface area (Å²) >= 11 is 0. The lowest BCUT2D eigenvalue weighted by Gasteiger charge is -2.09. The molecule has 2 aromatic carbocycles. The molecule has 126 valence electrons. The van der Waals surface area contributed by atoms with Gasteiger partial charge in [0.05, 0.1) is 15.4 Å². The summed E-state index contributed by atoms with van der Waals surface area (Å²) in [6.45, 7) is 1.51. The van der Waals surface area contributed by atoms with E-state index in [1.54, 1.807) is 12.1 Å². The first-order chi connectivity index (χ1) is 11.2. The van der Waals surface area contributed by atoms with Gasteiger partial charge in [0.1, 0.15) is 0 Å². The fourth-order valence-corrected chi connectivity index (χ4v) is 2.71. The Balaban J connectivity index is 2.22. The molecule has 0 aliphatic carbocycles. The number of nitrogens with two attached hydrogens (primary N) is 1. The van der Waals surface area contributed by atoms with Crippen LogP contribution in [0.4, 0.5) is 11.4 Å². The number of nitrogens with zero attached hydrogens (tertiary/aromatic N) is 1. The van der Waals surface area contributed by atoms with Crippen LogP contribution in [0.25, 0.3) is 0 Å². The summed E-state index contributed by atoms with van der Waals surface area (Å²) in [5.41, 5.74) is 0.906. The number of rotatable bonds is 6. The van der Waals surface area contributed by atoms with E-state index >= 15 is 0 Å². The van der Waals surface area contributed by atoms with E-state index in [1.165, 1.54) is 37.3 Å². The minimum atomic E-state index is -3.79. The molecule has 0 radical (unpaired) electrons. The number of nitro groups is 1. The zero-order chi connectivity index (χ0) is 17.9. The number of anilines is 1. The molecule has 0 aliphatic rings. The second kappa shape index (κ2) is 6.77. The normalized spacial score (nSPS) is 11.1. The monoisotopic (exact) mass is 349 g/mol. The number of hydrogen-bond acceptors (Lipinski definition) is 6. The van der Waals surface area contributed by atoms with Crippen LogP contribution in [0.2, 0.25) is 0 Å². The molecule has 2 aromatic rings. The van der Waals surface area contributed by atoms with E-state index in [4.69, 9.17) is 5.14 Å². The molecule has 0 fully saturated rings. The predicted octanol–water partition coefficient (Wildman–Crippen LogP) is 2.06. The molecule has 9 heteroatoms. The van der Waals surface area contributed by atoms with Crippen molar-refractivity contribution in [3.63, 3.8) is 0 Å². The van der Waals surface area contributed by atoms with Gasteiger partial charge in [-0.25, -0.2) is 13.6 Å². The number of hydrogen-bond donors (Lipinski definition) is 2. The average molecular weight is 349 g/mol. The molecule has 24 heavy (non-hydrogen) atoms.